The topological polar surface area (TPSA) is 70.6 Å². The van der Waals surface area contributed by atoms with Crippen molar-refractivity contribution in [2.45, 2.75) is 0 Å². The van der Waals surface area contributed by atoms with E-state index in [4.69, 9.17) is 4.74 Å². The van der Waals surface area contributed by atoms with Crippen LogP contribution in [-0.2, 0) is 4.79 Å². The molecule has 3 rings (SSSR count). The number of nitrogens with zero attached hydrogens (tertiary/aromatic N) is 4. The van der Waals surface area contributed by atoms with Crippen LogP contribution < -0.4 is 15.0 Å². The quantitative estimate of drug-likeness (QED) is 0.844. The smallest absolute Gasteiger partial charge is 0.209 e. The number of carbonyl (C=O) groups is 1. The van der Waals surface area contributed by atoms with Crippen LogP contribution in [-0.4, -0.2) is 54.6 Å². The van der Waals surface area contributed by atoms with Crippen LogP contribution in [0.15, 0.2) is 36.7 Å². The lowest BCUT2D eigenvalue weighted by Gasteiger charge is -2.33. The third-order valence-corrected chi connectivity index (χ3v) is 3.80. The molecule has 2 heterocycles. The zero-order valence-electron chi connectivity index (χ0n) is 13.0. The van der Waals surface area contributed by atoms with E-state index in [0.29, 0.717) is 0 Å². The van der Waals surface area contributed by atoms with Gasteiger partial charge < -0.3 is 19.9 Å². The Morgan fingerprint density at radius 1 is 1.13 bits per heavy atom. The predicted octanol–water partition coefficient (Wildman–Crippen LogP) is 1.51. The van der Waals surface area contributed by atoms with Crippen LogP contribution in [0, 0.1) is 0 Å². The summed E-state index contributed by atoms with van der Waals surface area (Å²) in [5.74, 6) is 2.41. The van der Waals surface area contributed by atoms with Crippen LogP contribution in [0.4, 0.5) is 17.3 Å². The number of hydrogen-bond donors (Lipinski definition) is 1. The van der Waals surface area contributed by atoms with Gasteiger partial charge >= 0.3 is 0 Å². The van der Waals surface area contributed by atoms with Crippen LogP contribution in [0.5, 0.6) is 5.75 Å². The van der Waals surface area contributed by atoms with Crippen molar-refractivity contribution in [3.05, 3.63) is 36.7 Å². The Balaban J connectivity index is 1.68. The SMILES string of the molecule is COc1ccc(Nc2cc(N3CCN(C=O)CC3)ncn2)cc1. The van der Waals surface area contributed by atoms with E-state index in [-0.39, 0.29) is 0 Å². The first kappa shape index (κ1) is 15.1. The third-order valence-electron chi connectivity index (χ3n) is 3.80. The van der Waals surface area contributed by atoms with E-state index in [9.17, 15) is 4.79 Å². The van der Waals surface area contributed by atoms with Crippen LogP contribution in [0.2, 0.25) is 0 Å². The number of methoxy groups -OCH3 is 1. The highest BCUT2D eigenvalue weighted by molar-refractivity contribution is 5.60. The molecule has 0 saturated carbocycles. The Labute approximate surface area is 134 Å². The Morgan fingerprint density at radius 2 is 1.87 bits per heavy atom. The molecule has 1 aromatic carbocycles. The molecule has 0 unspecified atom stereocenters. The molecule has 1 N–H and O–H groups in total. The van der Waals surface area contributed by atoms with Crippen LogP contribution in [0.25, 0.3) is 0 Å². The molecule has 0 atom stereocenters. The number of amides is 1. The molecular weight excluding hydrogens is 294 g/mol. The Kier molecular flexibility index (Phi) is 4.56. The minimum atomic E-state index is 0.717. The molecule has 1 aromatic heterocycles. The Morgan fingerprint density at radius 3 is 2.52 bits per heavy atom. The van der Waals surface area contributed by atoms with Gasteiger partial charge in [-0.1, -0.05) is 0 Å². The van der Waals surface area contributed by atoms with Gasteiger partial charge in [0.25, 0.3) is 0 Å². The molecule has 7 heteroatoms. The molecule has 1 aliphatic heterocycles. The lowest BCUT2D eigenvalue weighted by molar-refractivity contribution is -0.118. The van der Waals surface area contributed by atoms with Crippen LogP contribution >= 0.6 is 0 Å². The third kappa shape index (κ3) is 3.68. The van der Waals surface area contributed by atoms with Crippen molar-refractivity contribution in [2.24, 2.45) is 0 Å². The van der Waals surface area contributed by atoms with Gasteiger partial charge in [-0.2, -0.15) is 0 Å². The molecular formula is C16H19N5O2. The normalized spacial score (nSPS) is 14.5. The monoisotopic (exact) mass is 313 g/mol. The van der Waals surface area contributed by atoms with Gasteiger partial charge in [-0.3, -0.25) is 4.79 Å². The van der Waals surface area contributed by atoms with Crippen LogP contribution in [0.1, 0.15) is 0 Å². The molecule has 2 aromatic rings. The van der Waals surface area contributed by atoms with E-state index in [2.05, 4.69) is 20.2 Å². The minimum absolute atomic E-state index is 0.717. The number of hydrogen-bond acceptors (Lipinski definition) is 6. The molecule has 7 nitrogen and oxygen atoms in total. The number of carbonyl (C=O) groups excluding carboxylic acids is 1. The molecule has 1 aliphatic rings. The molecule has 0 spiro atoms. The van der Waals surface area contributed by atoms with Crippen molar-refractivity contribution in [1.82, 2.24) is 14.9 Å². The van der Waals surface area contributed by atoms with Gasteiger partial charge in [0.05, 0.1) is 7.11 Å². The highest BCUT2D eigenvalue weighted by Gasteiger charge is 2.17. The number of rotatable bonds is 5. The van der Waals surface area contributed by atoms with E-state index in [1.165, 1.54) is 0 Å². The molecule has 0 aliphatic carbocycles. The van der Waals surface area contributed by atoms with E-state index in [0.717, 1.165) is 55.7 Å². The lowest BCUT2D eigenvalue weighted by Crippen LogP contribution is -2.46. The zero-order valence-corrected chi connectivity index (χ0v) is 13.0. The van der Waals surface area contributed by atoms with Crippen molar-refractivity contribution in [3.8, 4) is 5.75 Å². The summed E-state index contributed by atoms with van der Waals surface area (Å²) < 4.78 is 5.15. The fraction of sp³-hybridized carbons (Fsp3) is 0.312. The maximum atomic E-state index is 10.8. The fourth-order valence-corrected chi connectivity index (χ4v) is 2.47. The van der Waals surface area contributed by atoms with E-state index in [1.54, 1.807) is 18.3 Å². The number of nitrogens with one attached hydrogen (secondary N) is 1. The van der Waals surface area contributed by atoms with Crippen molar-refractivity contribution in [1.29, 1.82) is 0 Å². The van der Waals surface area contributed by atoms with E-state index in [1.807, 2.05) is 30.3 Å². The first-order chi connectivity index (χ1) is 11.3. The predicted molar refractivity (Wildman–Crippen MR) is 88.2 cm³/mol. The largest absolute Gasteiger partial charge is 0.497 e. The van der Waals surface area contributed by atoms with Gasteiger partial charge in [-0.25, -0.2) is 9.97 Å². The summed E-state index contributed by atoms with van der Waals surface area (Å²) in [4.78, 5) is 23.3. The highest BCUT2D eigenvalue weighted by atomic mass is 16.5. The summed E-state index contributed by atoms with van der Waals surface area (Å²) in [7, 11) is 1.64. The van der Waals surface area contributed by atoms with Gasteiger partial charge in [0.15, 0.2) is 0 Å². The zero-order chi connectivity index (χ0) is 16.1. The second kappa shape index (κ2) is 6.95. The van der Waals surface area contributed by atoms with Gasteiger partial charge in [0, 0.05) is 37.9 Å². The maximum absolute atomic E-state index is 10.8. The van der Waals surface area contributed by atoms with Crippen molar-refractivity contribution in [2.75, 3.05) is 43.5 Å². The summed E-state index contributed by atoms with van der Waals surface area (Å²) >= 11 is 0. The lowest BCUT2D eigenvalue weighted by atomic mass is 10.3. The summed E-state index contributed by atoms with van der Waals surface area (Å²) in [5, 5.41) is 3.25. The number of anilines is 3. The van der Waals surface area contributed by atoms with E-state index >= 15 is 0 Å². The molecule has 0 bridgehead atoms. The molecule has 1 amide bonds. The second-order valence-electron chi connectivity index (χ2n) is 5.24. The number of piperazine rings is 1. The number of aromatic nitrogens is 2. The van der Waals surface area contributed by atoms with E-state index < -0.39 is 0 Å². The van der Waals surface area contributed by atoms with Crippen molar-refractivity contribution < 1.29 is 9.53 Å². The van der Waals surface area contributed by atoms with Gasteiger partial charge in [-0.15, -0.1) is 0 Å². The summed E-state index contributed by atoms with van der Waals surface area (Å²) in [6, 6.07) is 9.57. The van der Waals surface area contributed by atoms with Crippen molar-refractivity contribution in [3.63, 3.8) is 0 Å². The molecule has 1 fully saturated rings. The Hall–Kier alpha value is -2.83. The first-order valence-electron chi connectivity index (χ1n) is 7.46. The van der Waals surface area contributed by atoms with Crippen LogP contribution in [0.3, 0.4) is 0 Å². The number of benzene rings is 1. The van der Waals surface area contributed by atoms with Gasteiger partial charge in [-0.05, 0) is 24.3 Å². The molecule has 120 valence electrons. The molecule has 1 saturated heterocycles. The molecule has 0 radical (unpaired) electrons. The average molecular weight is 313 g/mol. The van der Waals surface area contributed by atoms with Crippen molar-refractivity contribution >= 4 is 23.7 Å². The summed E-state index contributed by atoms with van der Waals surface area (Å²) in [5.41, 5.74) is 0.932. The average Bonchev–Trinajstić information content (AvgIpc) is 2.63. The minimum Gasteiger partial charge on any atom is -0.497 e. The molecule has 23 heavy (non-hydrogen) atoms. The maximum Gasteiger partial charge on any atom is 0.209 e. The summed E-state index contributed by atoms with van der Waals surface area (Å²) in [6.07, 6.45) is 2.45. The van der Waals surface area contributed by atoms with Gasteiger partial charge in [0.1, 0.15) is 23.7 Å². The Bertz CT molecular complexity index is 654. The standard InChI is InChI=1S/C16H19N5O2/c1-23-14-4-2-13(3-5-14)19-15-10-16(18-11-17-15)21-8-6-20(12-22)7-9-21/h2-5,10-12H,6-9H2,1H3,(H,17,18,19). The second-order valence-corrected chi connectivity index (χ2v) is 5.24. The fourth-order valence-electron chi connectivity index (χ4n) is 2.47. The van der Waals surface area contributed by atoms with Gasteiger partial charge in [0.2, 0.25) is 6.41 Å². The first-order valence-corrected chi connectivity index (χ1v) is 7.46. The summed E-state index contributed by atoms with van der Waals surface area (Å²) in [6.45, 7) is 2.99. The highest BCUT2D eigenvalue weighted by Crippen LogP contribution is 2.21. The number of ether oxygens (including phenoxy) is 1.